The number of nitrogens with zero attached hydrogens (tertiary/aromatic N) is 3. The van der Waals surface area contributed by atoms with Crippen LogP contribution in [0.3, 0.4) is 0 Å². The molecule has 0 aliphatic carbocycles. The van der Waals surface area contributed by atoms with E-state index >= 15 is 0 Å². The number of benzene rings is 2. The van der Waals surface area contributed by atoms with Crippen LogP contribution in [0, 0.1) is 11.6 Å². The molecule has 0 fully saturated rings. The molecule has 0 saturated heterocycles. The second kappa shape index (κ2) is 9.16. The van der Waals surface area contributed by atoms with Gasteiger partial charge in [-0.25, -0.2) is 8.78 Å². The van der Waals surface area contributed by atoms with Crippen molar-refractivity contribution in [3.8, 4) is 11.4 Å². The third kappa shape index (κ3) is 4.88. The minimum Gasteiger partial charge on any atom is -0.493 e. The molecule has 28 heavy (non-hydrogen) atoms. The van der Waals surface area contributed by atoms with Crippen molar-refractivity contribution in [1.29, 1.82) is 0 Å². The lowest BCUT2D eigenvalue weighted by molar-refractivity contribution is -0.890. The SMILES string of the molecule is C[C@H](c1nnc(SCCOc2ccc(F)cc2)n1-c1ccc(F)cc1)[NH+](C)C. The first-order chi connectivity index (χ1) is 13.5. The predicted octanol–water partition coefficient (Wildman–Crippen LogP) is 2.92. The second-order valence-electron chi connectivity index (χ2n) is 6.60. The largest absolute Gasteiger partial charge is 0.493 e. The first-order valence-electron chi connectivity index (χ1n) is 8.98. The number of thioether (sulfide) groups is 1. The van der Waals surface area contributed by atoms with Crippen molar-refractivity contribution >= 4 is 11.8 Å². The highest BCUT2D eigenvalue weighted by Crippen LogP contribution is 2.24. The molecule has 1 aromatic heterocycles. The zero-order chi connectivity index (χ0) is 20.1. The third-order valence-electron chi connectivity index (χ3n) is 4.39. The Bertz CT molecular complexity index is 898. The summed E-state index contributed by atoms with van der Waals surface area (Å²) in [5.41, 5.74) is 0.816. The molecular weight excluding hydrogens is 382 g/mol. The summed E-state index contributed by atoms with van der Waals surface area (Å²) in [6.45, 7) is 2.52. The van der Waals surface area contributed by atoms with Crippen LogP contribution in [0.5, 0.6) is 5.75 Å². The van der Waals surface area contributed by atoms with E-state index in [4.69, 9.17) is 4.74 Å². The summed E-state index contributed by atoms with van der Waals surface area (Å²) in [5, 5.41) is 9.44. The maximum Gasteiger partial charge on any atom is 0.196 e. The lowest BCUT2D eigenvalue weighted by Crippen LogP contribution is -3.05. The van der Waals surface area contributed by atoms with Gasteiger partial charge in [0.25, 0.3) is 0 Å². The van der Waals surface area contributed by atoms with Crippen LogP contribution < -0.4 is 9.64 Å². The van der Waals surface area contributed by atoms with E-state index in [9.17, 15) is 8.78 Å². The number of aromatic nitrogens is 3. The smallest absolute Gasteiger partial charge is 0.196 e. The molecule has 1 heterocycles. The highest BCUT2D eigenvalue weighted by molar-refractivity contribution is 7.99. The van der Waals surface area contributed by atoms with Gasteiger partial charge in [0, 0.05) is 11.4 Å². The molecule has 148 valence electrons. The van der Waals surface area contributed by atoms with Gasteiger partial charge in [0.05, 0.1) is 20.7 Å². The standard InChI is InChI=1S/C20H22F2N4OS/c1-14(25(2)3)19-23-24-20(26(19)17-8-4-15(21)5-9-17)28-13-12-27-18-10-6-16(22)7-11-18/h4-11,14H,12-13H2,1-3H3/p+1/t14-/m1/s1. The molecule has 0 spiro atoms. The average Bonchev–Trinajstić information content (AvgIpc) is 3.10. The molecule has 1 N–H and O–H groups in total. The number of halogens is 2. The Hall–Kier alpha value is -2.45. The molecule has 0 saturated carbocycles. The Morgan fingerprint density at radius 1 is 1.00 bits per heavy atom. The molecule has 0 amide bonds. The van der Waals surface area contributed by atoms with Gasteiger partial charge in [-0.15, -0.1) is 10.2 Å². The van der Waals surface area contributed by atoms with Crippen molar-refractivity contribution in [2.45, 2.75) is 18.1 Å². The highest BCUT2D eigenvalue weighted by Gasteiger charge is 2.23. The van der Waals surface area contributed by atoms with E-state index < -0.39 is 0 Å². The fourth-order valence-corrected chi connectivity index (χ4v) is 3.35. The Morgan fingerprint density at radius 2 is 1.61 bits per heavy atom. The van der Waals surface area contributed by atoms with Crippen molar-refractivity contribution in [2.75, 3.05) is 26.5 Å². The van der Waals surface area contributed by atoms with Crippen LogP contribution in [0.15, 0.2) is 53.7 Å². The molecule has 2 aromatic carbocycles. The Kier molecular flexibility index (Phi) is 6.64. The van der Waals surface area contributed by atoms with Crippen molar-refractivity contribution in [1.82, 2.24) is 14.8 Å². The number of hydrogen-bond acceptors (Lipinski definition) is 4. The fourth-order valence-electron chi connectivity index (χ4n) is 2.57. The average molecular weight is 405 g/mol. The van der Waals surface area contributed by atoms with Crippen molar-refractivity contribution < 1.29 is 18.4 Å². The first kappa shape index (κ1) is 20.3. The summed E-state index contributed by atoms with van der Waals surface area (Å²) < 4.78 is 33.9. The molecule has 0 radical (unpaired) electrons. The second-order valence-corrected chi connectivity index (χ2v) is 7.66. The lowest BCUT2D eigenvalue weighted by Gasteiger charge is -2.18. The van der Waals surface area contributed by atoms with Gasteiger partial charge in [0.2, 0.25) is 0 Å². The van der Waals surface area contributed by atoms with Crippen LogP contribution in [0.4, 0.5) is 8.78 Å². The lowest BCUT2D eigenvalue weighted by atomic mass is 10.2. The molecule has 0 unspecified atom stereocenters. The van der Waals surface area contributed by atoms with Gasteiger partial charge in [-0.2, -0.15) is 0 Å². The van der Waals surface area contributed by atoms with Crippen LogP contribution in [-0.2, 0) is 0 Å². The number of ether oxygens (including phenoxy) is 1. The van der Waals surface area contributed by atoms with Gasteiger partial charge in [-0.3, -0.25) is 4.57 Å². The van der Waals surface area contributed by atoms with Gasteiger partial charge in [0.15, 0.2) is 11.0 Å². The number of quaternary nitrogens is 1. The van der Waals surface area contributed by atoms with Crippen LogP contribution in [-0.4, -0.2) is 41.2 Å². The zero-order valence-corrected chi connectivity index (χ0v) is 16.8. The van der Waals surface area contributed by atoms with Crippen LogP contribution in [0.25, 0.3) is 5.69 Å². The molecule has 0 aliphatic heterocycles. The Morgan fingerprint density at radius 3 is 2.21 bits per heavy atom. The summed E-state index contributed by atoms with van der Waals surface area (Å²) in [6, 6.07) is 12.3. The maximum atomic E-state index is 13.4. The quantitative estimate of drug-likeness (QED) is 0.462. The summed E-state index contributed by atoms with van der Waals surface area (Å²) in [6.07, 6.45) is 0. The molecule has 8 heteroatoms. The van der Waals surface area contributed by atoms with Gasteiger partial charge in [0.1, 0.15) is 23.4 Å². The van der Waals surface area contributed by atoms with E-state index in [2.05, 4.69) is 31.2 Å². The van der Waals surface area contributed by atoms with Gasteiger partial charge < -0.3 is 9.64 Å². The number of hydrogen-bond donors (Lipinski definition) is 1. The van der Waals surface area contributed by atoms with E-state index in [0.717, 1.165) is 16.7 Å². The summed E-state index contributed by atoms with van der Waals surface area (Å²) >= 11 is 1.51. The molecule has 0 aliphatic rings. The Balaban J connectivity index is 1.74. The topological polar surface area (TPSA) is 44.4 Å². The first-order valence-corrected chi connectivity index (χ1v) is 9.96. The third-order valence-corrected chi connectivity index (χ3v) is 5.29. The van der Waals surface area contributed by atoms with Crippen molar-refractivity contribution in [2.24, 2.45) is 0 Å². The summed E-state index contributed by atoms with van der Waals surface area (Å²) in [7, 11) is 4.11. The molecule has 1 atom stereocenters. The number of rotatable bonds is 8. The predicted molar refractivity (Wildman–Crippen MR) is 105 cm³/mol. The van der Waals surface area contributed by atoms with E-state index in [-0.39, 0.29) is 17.7 Å². The normalized spacial score (nSPS) is 12.4. The summed E-state index contributed by atoms with van der Waals surface area (Å²) in [5.74, 6) is 1.49. The van der Waals surface area contributed by atoms with Crippen LogP contribution >= 0.6 is 11.8 Å². The molecular formula is C20H23F2N4OS+. The van der Waals surface area contributed by atoms with Gasteiger partial charge in [-0.1, -0.05) is 11.8 Å². The van der Waals surface area contributed by atoms with Gasteiger partial charge in [-0.05, 0) is 55.5 Å². The monoisotopic (exact) mass is 405 g/mol. The van der Waals surface area contributed by atoms with Gasteiger partial charge >= 0.3 is 0 Å². The molecule has 0 bridgehead atoms. The Labute approximate surface area is 167 Å². The van der Waals surface area contributed by atoms with E-state index in [0.29, 0.717) is 18.1 Å². The van der Waals surface area contributed by atoms with Crippen LogP contribution in [0.2, 0.25) is 0 Å². The molecule has 3 rings (SSSR count). The van der Waals surface area contributed by atoms with Crippen molar-refractivity contribution in [3.05, 3.63) is 66.0 Å². The van der Waals surface area contributed by atoms with Crippen LogP contribution in [0.1, 0.15) is 18.8 Å². The molecule has 3 aromatic rings. The molecule has 5 nitrogen and oxygen atoms in total. The maximum absolute atomic E-state index is 13.4. The fraction of sp³-hybridized carbons (Fsp3) is 0.300. The zero-order valence-electron chi connectivity index (χ0n) is 16.0. The number of nitrogens with one attached hydrogen (secondary N) is 1. The van der Waals surface area contributed by atoms with E-state index in [1.54, 1.807) is 24.3 Å². The van der Waals surface area contributed by atoms with E-state index in [1.807, 2.05) is 4.57 Å². The van der Waals surface area contributed by atoms with Crippen molar-refractivity contribution in [3.63, 3.8) is 0 Å². The minimum atomic E-state index is -0.293. The van der Waals surface area contributed by atoms with E-state index in [1.165, 1.54) is 40.9 Å². The highest BCUT2D eigenvalue weighted by atomic mass is 32.2. The minimum absolute atomic E-state index is 0.113. The summed E-state index contributed by atoms with van der Waals surface area (Å²) in [4.78, 5) is 1.21.